The quantitative estimate of drug-likeness (QED) is 0.0786. The van der Waals surface area contributed by atoms with Crippen LogP contribution in [0.5, 0.6) is 0 Å². The summed E-state index contributed by atoms with van der Waals surface area (Å²) in [4.78, 5) is 2.13. The lowest BCUT2D eigenvalue weighted by atomic mass is 9.97. The molecule has 1 fully saturated rings. The van der Waals surface area contributed by atoms with E-state index in [2.05, 4.69) is 54.3 Å². The fourth-order valence-electron chi connectivity index (χ4n) is 2.18. The van der Waals surface area contributed by atoms with Crippen molar-refractivity contribution in [2.24, 2.45) is 45.9 Å². The second-order valence-corrected chi connectivity index (χ2v) is 11.7. The first kappa shape index (κ1) is 60.6. The van der Waals surface area contributed by atoms with E-state index in [-0.39, 0.29) is 6.04 Å². The van der Waals surface area contributed by atoms with Crippen LogP contribution in [0.4, 0.5) is 13.2 Å². The highest BCUT2D eigenvalue weighted by Gasteiger charge is 2.23. The van der Waals surface area contributed by atoms with Crippen LogP contribution in [0.3, 0.4) is 0 Å². The minimum absolute atomic E-state index is 0.176. The second-order valence-electron chi connectivity index (χ2n) is 9.46. The zero-order valence-electron chi connectivity index (χ0n) is 29.4. The molecule has 0 radical (unpaired) electrons. The summed E-state index contributed by atoms with van der Waals surface area (Å²) in [6.07, 6.45) is 3.59. The number of hydrogen-bond donors (Lipinski definition) is 10. The molecule has 1 aliphatic carbocycles. The molecular weight excluding hydrogens is 649 g/mol. The van der Waals surface area contributed by atoms with E-state index in [0.717, 1.165) is 50.7 Å². The zero-order chi connectivity index (χ0) is 36.8. The van der Waals surface area contributed by atoms with Crippen LogP contribution in [-0.2, 0) is 4.74 Å². The molecule has 0 aromatic heterocycles. The molecule has 0 bridgehead atoms. The van der Waals surface area contributed by atoms with Gasteiger partial charge in [0.2, 0.25) is 0 Å². The Labute approximate surface area is 290 Å². The number of nitrogens with zero attached hydrogens (tertiary/aromatic N) is 1. The predicted molar refractivity (Wildman–Crippen MR) is 202 cm³/mol. The molecule has 17 N–H and O–H groups in total. The Morgan fingerprint density at radius 2 is 1.44 bits per heavy atom. The van der Waals surface area contributed by atoms with Crippen molar-refractivity contribution in [2.45, 2.75) is 70.6 Å². The summed E-state index contributed by atoms with van der Waals surface area (Å²) in [5, 5.41) is 2.89. The molecular formula is C28H76ClF3N10OS2. The van der Waals surface area contributed by atoms with Crippen LogP contribution < -0.4 is 51.2 Å². The number of ether oxygens (including phenoxy) is 1. The summed E-state index contributed by atoms with van der Waals surface area (Å²) in [5.74, 6) is 3.66. The Morgan fingerprint density at radius 1 is 0.978 bits per heavy atom. The summed E-state index contributed by atoms with van der Waals surface area (Å²) >= 11 is 10.7. The Morgan fingerprint density at radius 3 is 1.53 bits per heavy atom. The number of nitrogens with two attached hydrogens (primary N) is 8. The van der Waals surface area contributed by atoms with Crippen LogP contribution in [0.2, 0.25) is 0 Å². The first-order valence-corrected chi connectivity index (χ1v) is 17.8. The van der Waals surface area contributed by atoms with Crippen molar-refractivity contribution in [3.63, 3.8) is 0 Å². The monoisotopic (exact) mass is 725 g/mol. The van der Waals surface area contributed by atoms with E-state index in [1.165, 1.54) is 37.9 Å². The van der Waals surface area contributed by atoms with E-state index < -0.39 is 12.7 Å². The molecule has 1 atom stereocenters. The smallest absolute Gasteiger partial charge is 0.383 e. The van der Waals surface area contributed by atoms with Crippen molar-refractivity contribution in [1.29, 1.82) is 0 Å². The molecule has 11 nitrogen and oxygen atoms in total. The normalized spacial score (nSPS) is 12.5. The fraction of sp³-hybridized carbons (Fsp3) is 1.00. The van der Waals surface area contributed by atoms with E-state index in [9.17, 15) is 13.2 Å². The molecule has 0 amide bonds. The average molecular weight is 726 g/mol. The average Bonchev–Trinajstić information content (AvgIpc) is 3.01. The molecule has 1 rings (SSSR count). The zero-order valence-corrected chi connectivity index (χ0v) is 31.9. The maximum atomic E-state index is 10.7. The van der Waals surface area contributed by atoms with Gasteiger partial charge in [-0.2, -0.15) is 37.6 Å². The lowest BCUT2D eigenvalue weighted by molar-refractivity contribution is -0.118. The van der Waals surface area contributed by atoms with Gasteiger partial charge in [-0.3, -0.25) is 0 Å². The lowest BCUT2D eigenvalue weighted by Gasteiger charge is -2.15. The molecule has 284 valence electrons. The van der Waals surface area contributed by atoms with Crippen LogP contribution in [-0.4, -0.2) is 134 Å². The summed E-state index contributed by atoms with van der Waals surface area (Å²) in [7, 11) is 7.63. The molecule has 0 aromatic carbocycles. The number of likely N-dealkylation sites (N-methyl/N-ethyl adjacent to an activating group) is 1. The number of methoxy groups -OCH3 is 1. The third kappa shape index (κ3) is 124. The Bertz CT molecular complexity index is 425. The van der Waals surface area contributed by atoms with Crippen molar-refractivity contribution >= 4 is 36.0 Å². The third-order valence-electron chi connectivity index (χ3n) is 4.22. The van der Waals surface area contributed by atoms with Gasteiger partial charge in [-0.1, -0.05) is 26.2 Å². The number of halogens is 4. The van der Waals surface area contributed by atoms with Gasteiger partial charge < -0.3 is 60.8 Å². The maximum Gasteiger partial charge on any atom is 0.400 e. The van der Waals surface area contributed by atoms with Gasteiger partial charge in [0, 0.05) is 69.3 Å². The molecule has 0 aromatic rings. The van der Waals surface area contributed by atoms with Gasteiger partial charge in [0.15, 0.2) is 0 Å². The van der Waals surface area contributed by atoms with Gasteiger partial charge in [0.1, 0.15) is 0 Å². The van der Waals surface area contributed by atoms with Gasteiger partial charge in [0.25, 0.3) is 0 Å². The first-order valence-electron chi connectivity index (χ1n) is 15.5. The highest BCUT2D eigenvalue weighted by atomic mass is 35.5. The molecule has 45 heavy (non-hydrogen) atoms. The van der Waals surface area contributed by atoms with Crippen LogP contribution in [0.15, 0.2) is 0 Å². The maximum absolute atomic E-state index is 10.7. The van der Waals surface area contributed by atoms with Crippen LogP contribution in [0.25, 0.3) is 0 Å². The minimum atomic E-state index is -4.18. The van der Waals surface area contributed by atoms with Crippen molar-refractivity contribution in [1.82, 2.24) is 10.2 Å². The van der Waals surface area contributed by atoms with Gasteiger partial charge >= 0.3 is 6.18 Å². The highest BCUT2D eigenvalue weighted by molar-refractivity contribution is 7.99. The van der Waals surface area contributed by atoms with Gasteiger partial charge in [-0.15, -0.1) is 11.6 Å². The first-order chi connectivity index (χ1) is 21.2. The summed E-state index contributed by atoms with van der Waals surface area (Å²) in [6, 6.07) is 0.712. The molecule has 0 saturated heterocycles. The summed E-state index contributed by atoms with van der Waals surface area (Å²) in [5.41, 5.74) is 40.5. The molecule has 1 saturated carbocycles. The van der Waals surface area contributed by atoms with Crippen LogP contribution >= 0.6 is 36.0 Å². The molecule has 0 spiro atoms. The number of thiol groups is 1. The summed E-state index contributed by atoms with van der Waals surface area (Å²) in [6.45, 7) is 9.12. The van der Waals surface area contributed by atoms with E-state index in [4.69, 9.17) is 51.7 Å². The van der Waals surface area contributed by atoms with Gasteiger partial charge in [0.05, 0.1) is 13.2 Å². The minimum Gasteiger partial charge on any atom is -0.383 e. The standard InChI is InChI=1S/C6H13N.C5H14N2.C4H11NO.C4H11NS.C3H10N2.C2H6ClN.C2H4F3N.C2H7NS/c7-6-4-2-1-3-5-6;1-7(2)5-3-4-6;1-4(5)3-6-2;1-2-6-4-3-5;1-5-3-2-4;3-1-2-4;3-2(4,5)1-6;3-1-2-4/h6H,1-5,7H2;3-6H2,1-2H3;4H,3,5H2,1-2H3;2-5H2,1H3;5H,2-4H2,1H3;1-2,4H2;1,6H2;4H,1-3H2. The number of hydrogen-bond acceptors (Lipinski definition) is 13. The number of thioether (sulfide) groups is 1. The lowest BCUT2D eigenvalue weighted by Crippen LogP contribution is -2.22. The Hall–Kier alpha value is 0.340. The van der Waals surface area contributed by atoms with Crippen LogP contribution in [0.1, 0.15) is 52.4 Å². The topological polar surface area (TPSA) is 233 Å². The number of nitrogens with one attached hydrogen (secondary N) is 1. The Kier molecular flexibility index (Phi) is 80.5. The van der Waals surface area contributed by atoms with Gasteiger partial charge in [-0.25, -0.2) is 0 Å². The number of alkyl halides is 4. The van der Waals surface area contributed by atoms with Crippen molar-refractivity contribution < 1.29 is 17.9 Å². The third-order valence-corrected chi connectivity index (χ3v) is 5.63. The largest absolute Gasteiger partial charge is 0.400 e. The van der Waals surface area contributed by atoms with Crippen molar-refractivity contribution in [2.75, 3.05) is 110 Å². The molecule has 0 heterocycles. The highest BCUT2D eigenvalue weighted by Crippen LogP contribution is 2.14. The van der Waals surface area contributed by atoms with E-state index in [0.29, 0.717) is 31.6 Å². The molecule has 17 heteroatoms. The van der Waals surface area contributed by atoms with E-state index in [1.807, 2.05) is 25.7 Å². The van der Waals surface area contributed by atoms with Crippen molar-refractivity contribution in [3.8, 4) is 0 Å². The van der Waals surface area contributed by atoms with Gasteiger partial charge in [-0.05, 0) is 66.2 Å². The Balaban J connectivity index is -0.0000000740. The van der Waals surface area contributed by atoms with Crippen LogP contribution in [0, 0.1) is 0 Å². The van der Waals surface area contributed by atoms with Crippen molar-refractivity contribution in [3.05, 3.63) is 0 Å². The second kappa shape index (κ2) is 59.7. The fourth-order valence-corrected chi connectivity index (χ4v) is 2.63. The van der Waals surface area contributed by atoms with E-state index >= 15 is 0 Å². The number of rotatable bonds is 12. The molecule has 1 unspecified atom stereocenters. The molecule has 0 aliphatic heterocycles. The molecule has 1 aliphatic rings. The summed E-state index contributed by atoms with van der Waals surface area (Å²) < 4.78 is 36.7. The van der Waals surface area contributed by atoms with E-state index in [1.54, 1.807) is 7.11 Å². The SMILES string of the molecule is CCSCCN.CN(C)CCCN.CNCCN.COCC(C)N.NC1CCCCC1.NCC(F)(F)F.NCCCl.NCCS. The predicted octanol–water partition coefficient (Wildman–Crippen LogP) is 1.58.